The summed E-state index contributed by atoms with van der Waals surface area (Å²) in [6.07, 6.45) is 5.66. The molecule has 0 aliphatic carbocycles. The van der Waals surface area contributed by atoms with Crippen molar-refractivity contribution in [1.29, 1.82) is 0 Å². The predicted molar refractivity (Wildman–Crippen MR) is 88.2 cm³/mol. The van der Waals surface area contributed by atoms with E-state index in [1.165, 1.54) is 11.1 Å². The molecule has 0 fully saturated rings. The lowest BCUT2D eigenvalue weighted by molar-refractivity contribution is 0.254. The first-order valence-electron chi connectivity index (χ1n) is 7.95. The van der Waals surface area contributed by atoms with Gasteiger partial charge in [-0.25, -0.2) is 0 Å². The molecule has 1 aromatic carbocycles. The molecule has 21 heavy (non-hydrogen) atoms. The molecule has 0 bridgehead atoms. The van der Waals surface area contributed by atoms with Crippen molar-refractivity contribution in [2.45, 2.75) is 46.1 Å². The van der Waals surface area contributed by atoms with Crippen molar-refractivity contribution in [2.75, 3.05) is 20.2 Å². The number of hydrogen-bond donors (Lipinski definition) is 1. The van der Waals surface area contributed by atoms with Crippen molar-refractivity contribution in [2.24, 2.45) is 0 Å². The van der Waals surface area contributed by atoms with Gasteiger partial charge in [-0.15, -0.1) is 0 Å². The molecule has 0 saturated carbocycles. The minimum atomic E-state index is 0.265. The smallest absolute Gasteiger partial charge is 0.126 e. The molecule has 1 N–H and O–H groups in total. The summed E-state index contributed by atoms with van der Waals surface area (Å²) < 4.78 is 11.4. The second-order valence-corrected chi connectivity index (χ2v) is 5.67. The van der Waals surface area contributed by atoms with E-state index in [9.17, 15) is 0 Å². The SMILES string of the molecule is CCCNC/C(=C/c1cc2c(cc1OC)CC(C)O2)CC. The first-order valence-corrected chi connectivity index (χ1v) is 7.95. The molecule has 0 spiro atoms. The molecule has 2 rings (SSSR count). The van der Waals surface area contributed by atoms with Gasteiger partial charge in [0.15, 0.2) is 0 Å². The van der Waals surface area contributed by atoms with Crippen LogP contribution in [0, 0.1) is 0 Å². The third kappa shape index (κ3) is 4.01. The van der Waals surface area contributed by atoms with E-state index in [2.05, 4.69) is 44.3 Å². The number of nitrogens with one attached hydrogen (secondary N) is 1. The van der Waals surface area contributed by atoms with Crippen LogP contribution >= 0.6 is 0 Å². The normalized spacial score (nSPS) is 17.5. The summed E-state index contributed by atoms with van der Waals surface area (Å²) in [5.74, 6) is 1.94. The summed E-state index contributed by atoms with van der Waals surface area (Å²) in [6, 6.07) is 4.24. The van der Waals surface area contributed by atoms with Gasteiger partial charge in [-0.2, -0.15) is 0 Å². The molecule has 1 aliphatic heterocycles. The molecule has 0 saturated heterocycles. The first kappa shape index (κ1) is 15.9. The van der Waals surface area contributed by atoms with Crippen LogP contribution in [0.1, 0.15) is 44.7 Å². The standard InChI is InChI=1S/C18H27NO2/c1-5-7-19-12-14(6-2)9-16-11-18-15(8-13(3)21-18)10-17(16)20-4/h9-11,13,19H,5-8,12H2,1-4H3/b14-9+. The quantitative estimate of drug-likeness (QED) is 0.774. The van der Waals surface area contributed by atoms with E-state index in [0.29, 0.717) is 0 Å². The number of hydrogen-bond acceptors (Lipinski definition) is 3. The zero-order valence-corrected chi connectivity index (χ0v) is 13.7. The molecular formula is C18H27NO2. The van der Waals surface area contributed by atoms with Crippen LogP contribution in [-0.4, -0.2) is 26.3 Å². The topological polar surface area (TPSA) is 30.5 Å². The predicted octanol–water partition coefficient (Wildman–Crippen LogP) is 3.81. The zero-order chi connectivity index (χ0) is 15.2. The number of fused-ring (bicyclic) bond motifs is 1. The van der Waals surface area contributed by atoms with Gasteiger partial charge in [0.1, 0.15) is 17.6 Å². The molecule has 1 unspecified atom stereocenters. The Bertz CT molecular complexity index is 508. The van der Waals surface area contributed by atoms with Gasteiger partial charge in [0.2, 0.25) is 0 Å². The van der Waals surface area contributed by atoms with Gasteiger partial charge in [-0.3, -0.25) is 0 Å². The van der Waals surface area contributed by atoms with E-state index in [0.717, 1.165) is 49.4 Å². The Morgan fingerprint density at radius 2 is 2.24 bits per heavy atom. The van der Waals surface area contributed by atoms with Crippen LogP contribution in [0.5, 0.6) is 11.5 Å². The fourth-order valence-corrected chi connectivity index (χ4v) is 2.67. The molecule has 0 amide bonds. The molecule has 1 aromatic rings. The Morgan fingerprint density at radius 1 is 1.43 bits per heavy atom. The Labute approximate surface area is 128 Å². The molecule has 3 heteroatoms. The molecular weight excluding hydrogens is 262 g/mol. The van der Waals surface area contributed by atoms with Crippen LogP contribution in [0.2, 0.25) is 0 Å². The maximum atomic E-state index is 5.86. The maximum absolute atomic E-state index is 5.86. The Morgan fingerprint density at radius 3 is 2.90 bits per heavy atom. The van der Waals surface area contributed by atoms with Crippen LogP contribution in [0.25, 0.3) is 6.08 Å². The van der Waals surface area contributed by atoms with E-state index in [4.69, 9.17) is 9.47 Å². The van der Waals surface area contributed by atoms with Crippen molar-refractivity contribution in [3.63, 3.8) is 0 Å². The van der Waals surface area contributed by atoms with Gasteiger partial charge in [0.25, 0.3) is 0 Å². The van der Waals surface area contributed by atoms with Crippen LogP contribution in [0.3, 0.4) is 0 Å². The average Bonchev–Trinajstić information content (AvgIpc) is 2.84. The molecule has 0 aromatic heterocycles. The number of benzene rings is 1. The molecule has 116 valence electrons. The van der Waals surface area contributed by atoms with Crippen LogP contribution < -0.4 is 14.8 Å². The second kappa shape index (κ2) is 7.51. The minimum absolute atomic E-state index is 0.265. The molecule has 1 atom stereocenters. The van der Waals surface area contributed by atoms with E-state index < -0.39 is 0 Å². The van der Waals surface area contributed by atoms with Crippen molar-refractivity contribution >= 4 is 6.08 Å². The van der Waals surface area contributed by atoms with Crippen molar-refractivity contribution in [3.8, 4) is 11.5 Å². The second-order valence-electron chi connectivity index (χ2n) is 5.67. The lowest BCUT2D eigenvalue weighted by Gasteiger charge is -2.11. The molecule has 1 heterocycles. The number of rotatable bonds is 7. The van der Waals surface area contributed by atoms with Crippen molar-refractivity contribution in [1.82, 2.24) is 5.32 Å². The van der Waals surface area contributed by atoms with E-state index >= 15 is 0 Å². The Hall–Kier alpha value is -1.48. The molecule has 1 aliphatic rings. The highest BCUT2D eigenvalue weighted by molar-refractivity contribution is 5.64. The minimum Gasteiger partial charge on any atom is -0.496 e. The van der Waals surface area contributed by atoms with Gasteiger partial charge in [0.05, 0.1) is 7.11 Å². The number of ether oxygens (including phenoxy) is 2. The Balaban J connectivity index is 2.23. The van der Waals surface area contributed by atoms with Crippen molar-refractivity contribution in [3.05, 3.63) is 28.8 Å². The van der Waals surface area contributed by atoms with Gasteiger partial charge in [-0.05, 0) is 38.4 Å². The Kier molecular flexibility index (Phi) is 5.68. The van der Waals surface area contributed by atoms with Gasteiger partial charge in [-0.1, -0.05) is 25.5 Å². The lowest BCUT2D eigenvalue weighted by Crippen LogP contribution is -2.17. The zero-order valence-electron chi connectivity index (χ0n) is 13.7. The van der Waals surface area contributed by atoms with Gasteiger partial charge in [0, 0.05) is 24.1 Å². The summed E-state index contributed by atoms with van der Waals surface area (Å²) in [7, 11) is 1.74. The fraction of sp³-hybridized carbons (Fsp3) is 0.556. The lowest BCUT2D eigenvalue weighted by atomic mass is 10.0. The fourth-order valence-electron chi connectivity index (χ4n) is 2.67. The maximum Gasteiger partial charge on any atom is 0.126 e. The van der Waals surface area contributed by atoms with E-state index in [1.54, 1.807) is 7.11 Å². The van der Waals surface area contributed by atoms with Crippen LogP contribution in [0.4, 0.5) is 0 Å². The van der Waals surface area contributed by atoms with Crippen molar-refractivity contribution < 1.29 is 9.47 Å². The highest BCUT2D eigenvalue weighted by atomic mass is 16.5. The third-order valence-electron chi connectivity index (χ3n) is 3.84. The monoisotopic (exact) mass is 289 g/mol. The number of methoxy groups -OCH3 is 1. The largest absolute Gasteiger partial charge is 0.496 e. The summed E-state index contributed by atoms with van der Waals surface area (Å²) in [6.45, 7) is 8.47. The first-order chi connectivity index (χ1) is 10.2. The van der Waals surface area contributed by atoms with Gasteiger partial charge < -0.3 is 14.8 Å². The van der Waals surface area contributed by atoms with Crippen LogP contribution in [0.15, 0.2) is 17.7 Å². The third-order valence-corrected chi connectivity index (χ3v) is 3.84. The van der Waals surface area contributed by atoms with Gasteiger partial charge >= 0.3 is 0 Å². The summed E-state index contributed by atoms with van der Waals surface area (Å²) >= 11 is 0. The van der Waals surface area contributed by atoms with E-state index in [-0.39, 0.29) is 6.10 Å². The molecule has 3 nitrogen and oxygen atoms in total. The highest BCUT2D eigenvalue weighted by Crippen LogP contribution is 2.36. The average molecular weight is 289 g/mol. The highest BCUT2D eigenvalue weighted by Gasteiger charge is 2.21. The summed E-state index contributed by atoms with van der Waals surface area (Å²) in [4.78, 5) is 0. The van der Waals surface area contributed by atoms with E-state index in [1.807, 2.05) is 0 Å². The summed E-state index contributed by atoms with van der Waals surface area (Å²) in [5, 5.41) is 3.46. The molecule has 0 radical (unpaired) electrons. The van der Waals surface area contributed by atoms with Crippen LogP contribution in [-0.2, 0) is 6.42 Å². The summed E-state index contributed by atoms with van der Waals surface area (Å²) in [5.41, 5.74) is 3.74.